The van der Waals surface area contributed by atoms with Crippen LogP contribution in [0.15, 0.2) is 36.9 Å². The number of ether oxygens (including phenoxy) is 1. The van der Waals surface area contributed by atoms with Crippen molar-refractivity contribution in [3.8, 4) is 0 Å². The predicted octanol–water partition coefficient (Wildman–Crippen LogP) is 4.51. The minimum absolute atomic E-state index is 0.0575. The number of hydrogen-bond acceptors (Lipinski definition) is 8. The normalized spacial score (nSPS) is 37.8. The summed E-state index contributed by atoms with van der Waals surface area (Å²) in [6.45, 7) is 18.9. The number of aliphatic hydroxyl groups excluding tert-OH is 1. The van der Waals surface area contributed by atoms with Gasteiger partial charge >= 0.3 is 5.97 Å². The number of ketones is 1. The van der Waals surface area contributed by atoms with Crippen molar-refractivity contribution in [2.45, 2.75) is 72.0 Å². The highest BCUT2D eigenvalue weighted by atomic mass is 35.5. The first-order valence-corrected chi connectivity index (χ1v) is 18.5. The van der Waals surface area contributed by atoms with Crippen LogP contribution in [0.2, 0.25) is 5.02 Å². The highest BCUT2D eigenvalue weighted by molar-refractivity contribution is 6.30. The Morgan fingerprint density at radius 3 is 2.35 bits per heavy atom. The van der Waals surface area contributed by atoms with Gasteiger partial charge in [0.05, 0.1) is 19.2 Å². The van der Waals surface area contributed by atoms with E-state index in [0.717, 1.165) is 56.2 Å². The topological polar surface area (TPSA) is 93.6 Å². The molecule has 2 aliphatic heterocycles. The molecule has 1 aromatic carbocycles. The molecule has 8 atom stereocenters. The fourth-order valence-electron chi connectivity index (χ4n) is 10.2. The number of Topliss-reactive ketones (excluding diaryl/α,β-unsaturated/α-hetero) is 1. The minimum atomic E-state index is -0.681. The van der Waals surface area contributed by atoms with E-state index in [9.17, 15) is 19.5 Å². The van der Waals surface area contributed by atoms with E-state index in [-0.39, 0.29) is 47.4 Å². The number of aliphatic hydroxyl groups is 1. The molecule has 6 rings (SSSR count). The van der Waals surface area contributed by atoms with Crippen LogP contribution in [0.4, 0.5) is 5.69 Å². The van der Waals surface area contributed by atoms with Gasteiger partial charge < -0.3 is 19.6 Å². The minimum Gasteiger partial charge on any atom is -0.461 e. The van der Waals surface area contributed by atoms with Gasteiger partial charge in [0, 0.05) is 86.2 Å². The fraction of sp³-hybridized carbons (Fsp3) is 0.711. The van der Waals surface area contributed by atoms with Gasteiger partial charge in [-0.2, -0.15) is 0 Å². The standard InChI is InChI=1S/C38H55ClN4O5/c1-6-36(4)23-31(37(5)26(2)10-12-38(27(3)35(36)47)13-11-30(44)34(37)38)48-33(46)25-41-16-20-43(21-17-41)32(45)24-40-14-18-42(19-15-40)29-9-7-8-28(39)22-29/h6-9,22,26-27,31,34-35,47H,1,10-21,23-25H2,2-5H3/t26-,27+,31-,34+,35+,36-,37+,38+/m1/s1. The molecule has 2 heterocycles. The lowest BCUT2D eigenvalue weighted by Gasteiger charge is -2.61. The number of halogens is 1. The molecule has 0 aromatic heterocycles. The quantitative estimate of drug-likeness (QED) is 0.332. The zero-order valence-corrected chi connectivity index (χ0v) is 30.1. The van der Waals surface area contributed by atoms with Gasteiger partial charge in [0.1, 0.15) is 11.9 Å². The zero-order valence-electron chi connectivity index (χ0n) is 29.3. The monoisotopic (exact) mass is 682 g/mol. The third-order valence-electron chi connectivity index (χ3n) is 13.6. The molecule has 1 amide bonds. The number of hydrogen-bond donors (Lipinski definition) is 1. The second-order valence-corrected chi connectivity index (χ2v) is 16.4. The number of esters is 1. The van der Waals surface area contributed by atoms with Crippen LogP contribution in [-0.4, -0.2) is 115 Å². The summed E-state index contributed by atoms with van der Waals surface area (Å²) in [7, 11) is 0. The molecule has 5 fully saturated rings. The summed E-state index contributed by atoms with van der Waals surface area (Å²) in [5, 5.41) is 12.5. The average molecular weight is 683 g/mol. The largest absolute Gasteiger partial charge is 0.461 e. The number of benzene rings is 1. The van der Waals surface area contributed by atoms with Gasteiger partial charge in [-0.25, -0.2) is 0 Å². The maximum Gasteiger partial charge on any atom is 0.320 e. The Kier molecular flexibility index (Phi) is 10.1. The SMILES string of the molecule is C=C[C@]1(C)C[C@@H](OC(=O)CN2CCN(C(=O)CN3CCN(c4cccc(Cl)c4)CC3)CC2)[C@]2(C)[C@H](C)CC[C@]3(CCC(=O)[C@H]32)[C@@H](C)[C@@H]1O. The van der Waals surface area contributed by atoms with Crippen molar-refractivity contribution >= 4 is 34.9 Å². The first-order valence-electron chi connectivity index (χ1n) is 18.1. The number of nitrogens with zero attached hydrogens (tertiary/aromatic N) is 4. The molecule has 2 saturated heterocycles. The summed E-state index contributed by atoms with van der Waals surface area (Å²) in [5.41, 5.74) is -0.354. The number of piperazine rings is 2. The van der Waals surface area contributed by atoms with Crippen molar-refractivity contribution < 1.29 is 24.2 Å². The van der Waals surface area contributed by atoms with Crippen molar-refractivity contribution in [3.63, 3.8) is 0 Å². The van der Waals surface area contributed by atoms with E-state index in [1.165, 1.54) is 0 Å². The van der Waals surface area contributed by atoms with Crippen molar-refractivity contribution in [3.05, 3.63) is 41.9 Å². The number of amides is 1. The Labute approximate surface area is 291 Å². The fourth-order valence-corrected chi connectivity index (χ4v) is 10.3. The molecule has 3 aliphatic carbocycles. The smallest absolute Gasteiger partial charge is 0.320 e. The molecule has 2 bridgehead atoms. The van der Waals surface area contributed by atoms with Gasteiger partial charge in [-0.1, -0.05) is 51.4 Å². The Morgan fingerprint density at radius 1 is 1.02 bits per heavy atom. The van der Waals surface area contributed by atoms with E-state index in [0.29, 0.717) is 45.6 Å². The van der Waals surface area contributed by atoms with Gasteiger partial charge in [0.25, 0.3) is 0 Å². The lowest BCUT2D eigenvalue weighted by atomic mass is 9.44. The van der Waals surface area contributed by atoms with Crippen molar-refractivity contribution in [2.75, 3.05) is 70.3 Å². The van der Waals surface area contributed by atoms with Crippen LogP contribution in [0.3, 0.4) is 0 Å². The van der Waals surface area contributed by atoms with Crippen LogP contribution in [0.25, 0.3) is 0 Å². The van der Waals surface area contributed by atoms with Gasteiger partial charge in [0.15, 0.2) is 0 Å². The van der Waals surface area contributed by atoms with E-state index in [1.54, 1.807) is 0 Å². The third-order valence-corrected chi connectivity index (χ3v) is 13.8. The lowest BCUT2D eigenvalue weighted by Crippen LogP contribution is -2.63. The lowest BCUT2D eigenvalue weighted by molar-refractivity contribution is -0.207. The van der Waals surface area contributed by atoms with Gasteiger partial charge in [-0.3, -0.25) is 24.2 Å². The van der Waals surface area contributed by atoms with Crippen molar-refractivity contribution in [1.82, 2.24) is 14.7 Å². The molecule has 0 unspecified atom stereocenters. The first-order chi connectivity index (χ1) is 22.8. The average Bonchev–Trinajstić information content (AvgIpc) is 3.43. The van der Waals surface area contributed by atoms with Crippen LogP contribution in [0.5, 0.6) is 0 Å². The predicted molar refractivity (Wildman–Crippen MR) is 188 cm³/mol. The summed E-state index contributed by atoms with van der Waals surface area (Å²) in [6, 6.07) is 7.90. The van der Waals surface area contributed by atoms with Crippen LogP contribution >= 0.6 is 11.6 Å². The summed E-state index contributed by atoms with van der Waals surface area (Å²) in [6.07, 6.45) is 4.24. The molecular weight excluding hydrogens is 628 g/mol. The Hall–Kier alpha value is -2.46. The second-order valence-electron chi connectivity index (χ2n) is 16.0. The molecule has 0 radical (unpaired) electrons. The molecule has 5 aliphatic rings. The molecule has 1 aromatic rings. The number of rotatable bonds is 7. The van der Waals surface area contributed by atoms with E-state index < -0.39 is 23.0 Å². The van der Waals surface area contributed by atoms with Crippen LogP contribution in [0.1, 0.15) is 59.8 Å². The van der Waals surface area contributed by atoms with Gasteiger partial charge in [-0.05, 0) is 61.1 Å². The molecular formula is C38H55ClN4O5. The van der Waals surface area contributed by atoms with Gasteiger partial charge in [0.2, 0.25) is 5.91 Å². The zero-order chi connectivity index (χ0) is 34.4. The third kappa shape index (κ3) is 6.33. The van der Waals surface area contributed by atoms with E-state index in [2.05, 4.69) is 48.1 Å². The van der Waals surface area contributed by atoms with Crippen LogP contribution < -0.4 is 4.90 Å². The number of anilines is 1. The maximum atomic E-state index is 13.7. The first kappa shape index (κ1) is 35.4. The van der Waals surface area contributed by atoms with Crippen molar-refractivity contribution in [1.29, 1.82) is 0 Å². The van der Waals surface area contributed by atoms with Crippen LogP contribution in [-0.2, 0) is 19.1 Å². The summed E-state index contributed by atoms with van der Waals surface area (Å²) < 4.78 is 6.45. The Balaban J connectivity index is 1.05. The van der Waals surface area contributed by atoms with E-state index in [1.807, 2.05) is 36.1 Å². The van der Waals surface area contributed by atoms with E-state index >= 15 is 0 Å². The summed E-state index contributed by atoms with van der Waals surface area (Å²) >= 11 is 6.18. The summed E-state index contributed by atoms with van der Waals surface area (Å²) in [5.74, 6) is -0.0142. The molecule has 9 nitrogen and oxygen atoms in total. The van der Waals surface area contributed by atoms with Gasteiger partial charge in [-0.15, -0.1) is 6.58 Å². The molecule has 0 spiro atoms. The van der Waals surface area contributed by atoms with E-state index in [4.69, 9.17) is 16.3 Å². The molecule has 48 heavy (non-hydrogen) atoms. The second kappa shape index (κ2) is 13.7. The highest BCUT2D eigenvalue weighted by Crippen LogP contribution is 2.68. The maximum absolute atomic E-state index is 13.7. The Morgan fingerprint density at radius 2 is 1.69 bits per heavy atom. The van der Waals surface area contributed by atoms with Crippen molar-refractivity contribution in [2.24, 2.45) is 34.0 Å². The number of carbonyl (C=O) groups is 3. The highest BCUT2D eigenvalue weighted by Gasteiger charge is 2.68. The summed E-state index contributed by atoms with van der Waals surface area (Å²) in [4.78, 5) is 49.1. The van der Waals surface area contributed by atoms with Crippen LogP contribution in [0, 0.1) is 34.0 Å². The molecule has 3 saturated carbocycles. The molecule has 264 valence electrons. The Bertz CT molecular complexity index is 1390. The molecule has 1 N–H and O–H groups in total. The number of carbonyl (C=O) groups excluding carboxylic acids is 3. The molecule has 10 heteroatoms.